The van der Waals surface area contributed by atoms with Crippen LogP contribution in [0.3, 0.4) is 0 Å². The van der Waals surface area contributed by atoms with Crippen molar-refractivity contribution < 1.29 is 0 Å². The molecule has 0 amide bonds. The summed E-state index contributed by atoms with van der Waals surface area (Å²) in [5.74, 6) is 0.673. The molecule has 0 aliphatic heterocycles. The van der Waals surface area contributed by atoms with Crippen molar-refractivity contribution in [3.63, 3.8) is 0 Å². The highest BCUT2D eigenvalue weighted by Crippen LogP contribution is 2.32. The van der Waals surface area contributed by atoms with Gasteiger partial charge in [0, 0.05) is 30.2 Å². The molecule has 3 rings (SSSR count). The summed E-state index contributed by atoms with van der Waals surface area (Å²) in [4.78, 5) is 0. The molecule has 2 unspecified atom stereocenters. The van der Waals surface area contributed by atoms with Crippen molar-refractivity contribution in [2.24, 2.45) is 18.7 Å². The quantitative estimate of drug-likeness (QED) is 0.876. The Hall–Kier alpha value is -1.28. The summed E-state index contributed by atoms with van der Waals surface area (Å²) in [6.07, 6.45) is 7.25. The fraction of sp³-hybridized carbons (Fsp3) is 0.529. The maximum Gasteiger partial charge on any atom is 0.0485 e. The fourth-order valence-electron chi connectivity index (χ4n) is 3.77. The standard InChI is InChI=1S/C17H24N2/c1-11-7-12(2)17-14(10-19(3)16(17)8-11)9-13-5-4-6-15(13)18/h7-8,10,13,15H,4-6,9,18H2,1-3H3. The Morgan fingerprint density at radius 1 is 1.26 bits per heavy atom. The number of nitrogens with zero attached hydrogens (tertiary/aromatic N) is 1. The van der Waals surface area contributed by atoms with E-state index < -0.39 is 0 Å². The normalized spacial score (nSPS) is 23.4. The summed E-state index contributed by atoms with van der Waals surface area (Å²) >= 11 is 0. The molecule has 1 aromatic carbocycles. The molecular weight excluding hydrogens is 232 g/mol. The Balaban J connectivity index is 2.04. The molecule has 102 valence electrons. The molecule has 2 heteroatoms. The van der Waals surface area contributed by atoms with E-state index in [9.17, 15) is 0 Å². The largest absolute Gasteiger partial charge is 0.350 e. The average Bonchev–Trinajstić information content (AvgIpc) is 2.86. The summed E-state index contributed by atoms with van der Waals surface area (Å²) in [7, 11) is 2.15. The predicted octanol–water partition coefficient (Wildman–Crippen LogP) is 3.47. The third-order valence-corrected chi connectivity index (χ3v) is 4.71. The molecular formula is C17H24N2. The average molecular weight is 256 g/mol. The van der Waals surface area contributed by atoms with Crippen LogP contribution in [0, 0.1) is 19.8 Å². The van der Waals surface area contributed by atoms with E-state index in [1.165, 1.54) is 46.9 Å². The zero-order valence-corrected chi connectivity index (χ0v) is 12.2. The number of nitrogens with two attached hydrogens (primary N) is 1. The maximum atomic E-state index is 6.23. The highest BCUT2D eigenvalue weighted by molar-refractivity contribution is 5.87. The molecule has 1 aliphatic rings. The van der Waals surface area contributed by atoms with Crippen molar-refractivity contribution in [3.8, 4) is 0 Å². The van der Waals surface area contributed by atoms with E-state index in [0.717, 1.165) is 6.42 Å². The Morgan fingerprint density at radius 3 is 2.74 bits per heavy atom. The smallest absolute Gasteiger partial charge is 0.0485 e. The molecule has 1 heterocycles. The summed E-state index contributed by atoms with van der Waals surface area (Å²) in [5, 5.41) is 1.45. The molecule has 0 radical (unpaired) electrons. The molecule has 0 spiro atoms. The van der Waals surface area contributed by atoms with E-state index >= 15 is 0 Å². The molecule has 2 N–H and O–H groups in total. The van der Waals surface area contributed by atoms with Gasteiger partial charge in [-0.25, -0.2) is 0 Å². The van der Waals surface area contributed by atoms with Crippen LogP contribution < -0.4 is 5.73 Å². The first-order valence-corrected chi connectivity index (χ1v) is 7.37. The highest BCUT2D eigenvalue weighted by atomic mass is 14.9. The predicted molar refractivity (Wildman–Crippen MR) is 81.4 cm³/mol. The minimum absolute atomic E-state index is 0.404. The van der Waals surface area contributed by atoms with Gasteiger partial charge in [-0.15, -0.1) is 0 Å². The van der Waals surface area contributed by atoms with Crippen LogP contribution in [0.1, 0.15) is 36.0 Å². The summed E-state index contributed by atoms with van der Waals surface area (Å²) < 4.78 is 2.27. The van der Waals surface area contributed by atoms with Crippen molar-refractivity contribution >= 4 is 10.9 Å². The Bertz CT molecular complexity index is 609. The second kappa shape index (κ2) is 4.68. The van der Waals surface area contributed by atoms with Crippen molar-refractivity contribution in [2.45, 2.75) is 45.6 Å². The molecule has 1 fully saturated rings. The van der Waals surface area contributed by atoms with E-state index in [4.69, 9.17) is 5.73 Å². The monoisotopic (exact) mass is 256 g/mol. The van der Waals surface area contributed by atoms with E-state index in [0.29, 0.717) is 12.0 Å². The number of rotatable bonds is 2. The Kier molecular flexibility index (Phi) is 3.14. The van der Waals surface area contributed by atoms with Crippen LogP contribution in [-0.4, -0.2) is 10.6 Å². The number of hydrogen-bond donors (Lipinski definition) is 1. The molecule has 1 saturated carbocycles. The zero-order chi connectivity index (χ0) is 13.6. The SMILES string of the molecule is Cc1cc(C)c2c(CC3CCCC3N)cn(C)c2c1. The van der Waals surface area contributed by atoms with E-state index in [1.807, 2.05) is 0 Å². The first-order valence-electron chi connectivity index (χ1n) is 7.37. The summed E-state index contributed by atoms with van der Waals surface area (Å²) in [6.45, 7) is 4.40. The van der Waals surface area contributed by atoms with E-state index in [1.54, 1.807) is 0 Å². The molecule has 2 aromatic rings. The van der Waals surface area contributed by atoms with Gasteiger partial charge in [0.15, 0.2) is 0 Å². The van der Waals surface area contributed by atoms with Crippen molar-refractivity contribution in [2.75, 3.05) is 0 Å². The van der Waals surface area contributed by atoms with Crippen LogP contribution in [0.4, 0.5) is 0 Å². The number of aromatic nitrogens is 1. The van der Waals surface area contributed by atoms with Crippen LogP contribution in [0.15, 0.2) is 18.3 Å². The molecule has 19 heavy (non-hydrogen) atoms. The first kappa shape index (κ1) is 12.7. The lowest BCUT2D eigenvalue weighted by atomic mass is 9.93. The minimum atomic E-state index is 0.404. The van der Waals surface area contributed by atoms with Gasteiger partial charge in [0.1, 0.15) is 0 Å². The van der Waals surface area contributed by atoms with E-state index in [-0.39, 0.29) is 0 Å². The van der Waals surface area contributed by atoms with Gasteiger partial charge in [-0.3, -0.25) is 0 Å². The van der Waals surface area contributed by atoms with Gasteiger partial charge in [-0.1, -0.05) is 12.5 Å². The topological polar surface area (TPSA) is 30.9 Å². The fourth-order valence-corrected chi connectivity index (χ4v) is 3.77. The van der Waals surface area contributed by atoms with Gasteiger partial charge in [0.25, 0.3) is 0 Å². The third kappa shape index (κ3) is 2.18. The zero-order valence-electron chi connectivity index (χ0n) is 12.2. The van der Waals surface area contributed by atoms with Crippen molar-refractivity contribution in [3.05, 3.63) is 35.0 Å². The van der Waals surface area contributed by atoms with Gasteiger partial charge >= 0.3 is 0 Å². The van der Waals surface area contributed by atoms with E-state index in [2.05, 4.69) is 43.8 Å². The van der Waals surface area contributed by atoms with Crippen molar-refractivity contribution in [1.82, 2.24) is 4.57 Å². The lowest BCUT2D eigenvalue weighted by Gasteiger charge is -2.15. The maximum absolute atomic E-state index is 6.23. The van der Waals surface area contributed by atoms with Crippen LogP contribution in [0.2, 0.25) is 0 Å². The molecule has 0 bridgehead atoms. The first-order chi connectivity index (χ1) is 9.06. The van der Waals surface area contributed by atoms with Crippen LogP contribution in [-0.2, 0) is 13.5 Å². The molecule has 2 nitrogen and oxygen atoms in total. The second-order valence-corrected chi connectivity index (χ2v) is 6.30. The number of aryl methyl sites for hydroxylation is 3. The van der Waals surface area contributed by atoms with Gasteiger partial charge in [0.05, 0.1) is 0 Å². The summed E-state index contributed by atoms with van der Waals surface area (Å²) in [6, 6.07) is 4.99. The van der Waals surface area contributed by atoms with Crippen LogP contribution >= 0.6 is 0 Å². The number of fused-ring (bicyclic) bond motifs is 1. The van der Waals surface area contributed by atoms with Crippen molar-refractivity contribution in [1.29, 1.82) is 0 Å². The highest BCUT2D eigenvalue weighted by Gasteiger charge is 2.25. The van der Waals surface area contributed by atoms with Gasteiger partial charge in [-0.05, 0) is 61.8 Å². The molecule has 2 atom stereocenters. The van der Waals surface area contributed by atoms with Gasteiger partial charge in [-0.2, -0.15) is 0 Å². The second-order valence-electron chi connectivity index (χ2n) is 6.30. The van der Waals surface area contributed by atoms with Gasteiger partial charge < -0.3 is 10.3 Å². The number of hydrogen-bond acceptors (Lipinski definition) is 1. The molecule has 0 saturated heterocycles. The Morgan fingerprint density at radius 2 is 2.05 bits per heavy atom. The van der Waals surface area contributed by atoms with Gasteiger partial charge in [0.2, 0.25) is 0 Å². The molecule has 1 aliphatic carbocycles. The molecule has 1 aromatic heterocycles. The lowest BCUT2D eigenvalue weighted by molar-refractivity contribution is 0.479. The van der Waals surface area contributed by atoms with Crippen LogP contribution in [0.25, 0.3) is 10.9 Å². The Labute approximate surface area is 115 Å². The lowest BCUT2D eigenvalue weighted by Crippen LogP contribution is -2.25. The third-order valence-electron chi connectivity index (χ3n) is 4.71. The van der Waals surface area contributed by atoms with Crippen LogP contribution in [0.5, 0.6) is 0 Å². The number of benzene rings is 1. The summed E-state index contributed by atoms with van der Waals surface area (Å²) in [5.41, 5.74) is 11.8. The minimum Gasteiger partial charge on any atom is -0.350 e.